The highest BCUT2D eigenvalue weighted by Gasteiger charge is 2.37. The van der Waals surface area contributed by atoms with E-state index in [4.69, 9.17) is 0 Å². The van der Waals surface area contributed by atoms with Gasteiger partial charge in [-0.25, -0.2) is 0 Å². The third kappa shape index (κ3) is 3.59. The quantitative estimate of drug-likeness (QED) is 0.202. The summed E-state index contributed by atoms with van der Waals surface area (Å²) in [7, 11) is 0. The molecule has 0 spiro atoms. The second-order valence-corrected chi connectivity index (χ2v) is 12.6. The van der Waals surface area contributed by atoms with Gasteiger partial charge in [-0.05, 0) is 91.7 Å². The maximum absolute atomic E-state index is 2.49. The molecule has 9 rings (SSSR count). The fourth-order valence-corrected chi connectivity index (χ4v) is 7.58. The van der Waals surface area contributed by atoms with Crippen LogP contribution in [0.25, 0.3) is 71.6 Å². The van der Waals surface area contributed by atoms with E-state index in [0.29, 0.717) is 0 Å². The van der Waals surface area contributed by atoms with Crippen LogP contribution in [0.3, 0.4) is 0 Å². The first-order chi connectivity index (χ1) is 21.6. The van der Waals surface area contributed by atoms with Crippen molar-refractivity contribution >= 4 is 32.6 Å². The Balaban J connectivity index is 1.39. The van der Waals surface area contributed by atoms with Crippen molar-refractivity contribution in [2.75, 3.05) is 0 Å². The molecular weight excluding hydrogens is 530 g/mol. The number of nitrogens with zero attached hydrogens (tertiary/aromatic N) is 1. The van der Waals surface area contributed by atoms with Crippen LogP contribution in [-0.4, -0.2) is 4.57 Å². The number of para-hydroxylation sites is 1. The second-order valence-electron chi connectivity index (χ2n) is 12.6. The van der Waals surface area contributed by atoms with E-state index in [9.17, 15) is 0 Å². The molecule has 0 saturated heterocycles. The maximum Gasteiger partial charge on any atom is 0.0547 e. The zero-order valence-corrected chi connectivity index (χ0v) is 24.9. The number of rotatable bonds is 3. The van der Waals surface area contributed by atoms with Crippen LogP contribution in [0.2, 0.25) is 0 Å². The molecule has 0 saturated carbocycles. The molecule has 0 unspecified atom stereocenters. The van der Waals surface area contributed by atoms with Gasteiger partial charge in [-0.3, -0.25) is 0 Å². The van der Waals surface area contributed by atoms with Gasteiger partial charge in [0.15, 0.2) is 0 Å². The predicted octanol–water partition coefficient (Wildman–Crippen LogP) is 11.6. The molecule has 1 aromatic heterocycles. The summed E-state index contributed by atoms with van der Waals surface area (Å²) in [6.07, 6.45) is 0. The number of hydrogen-bond acceptors (Lipinski definition) is 0. The molecule has 1 heterocycles. The van der Waals surface area contributed by atoms with Gasteiger partial charge in [0.05, 0.1) is 11.0 Å². The van der Waals surface area contributed by atoms with Gasteiger partial charge in [0.25, 0.3) is 0 Å². The molecule has 0 radical (unpaired) electrons. The molecule has 208 valence electrons. The van der Waals surface area contributed by atoms with Crippen molar-refractivity contribution < 1.29 is 0 Å². The summed E-state index contributed by atoms with van der Waals surface area (Å²) < 4.78 is 2.49. The molecule has 1 nitrogen and oxygen atoms in total. The highest BCUT2D eigenvalue weighted by Crippen LogP contribution is 2.53. The average molecular weight is 562 g/mol. The van der Waals surface area contributed by atoms with Crippen molar-refractivity contribution in [1.29, 1.82) is 0 Å². The Hall–Kier alpha value is -5.40. The SMILES string of the molecule is CC1(C)c2cc3c4ccccc4n(-c4cc(-c5ccccc5)cc(-c5ccccc5)c4)c3cc2-c2c1ccc1ccccc21. The van der Waals surface area contributed by atoms with Crippen molar-refractivity contribution in [3.8, 4) is 39.1 Å². The Kier molecular flexibility index (Phi) is 5.31. The van der Waals surface area contributed by atoms with Crippen molar-refractivity contribution in [3.05, 3.63) is 163 Å². The maximum atomic E-state index is 2.49. The minimum Gasteiger partial charge on any atom is -0.309 e. The van der Waals surface area contributed by atoms with Gasteiger partial charge in [-0.15, -0.1) is 0 Å². The first kappa shape index (κ1) is 25.1. The summed E-state index contributed by atoms with van der Waals surface area (Å²) in [5.41, 5.74) is 14.0. The Morgan fingerprint density at radius 1 is 0.432 bits per heavy atom. The molecule has 0 amide bonds. The smallest absolute Gasteiger partial charge is 0.0547 e. The lowest BCUT2D eigenvalue weighted by Gasteiger charge is -2.21. The van der Waals surface area contributed by atoms with E-state index in [1.54, 1.807) is 0 Å². The third-order valence-corrected chi connectivity index (χ3v) is 9.75. The van der Waals surface area contributed by atoms with E-state index >= 15 is 0 Å². The van der Waals surface area contributed by atoms with E-state index in [2.05, 4.69) is 170 Å². The van der Waals surface area contributed by atoms with Gasteiger partial charge in [-0.1, -0.05) is 129 Å². The molecule has 0 aliphatic heterocycles. The molecule has 0 bridgehead atoms. The standard InChI is InChI=1S/C43H31N/c1-43(2)38-22-21-30-17-9-10-18-34(30)42(38)37-27-41-36(26-39(37)43)35-19-11-12-20-40(35)44(41)33-24-31(28-13-5-3-6-14-28)23-32(25-33)29-15-7-4-8-16-29/h3-27H,1-2H3. The average Bonchev–Trinajstić information content (AvgIpc) is 3.52. The topological polar surface area (TPSA) is 4.93 Å². The van der Waals surface area contributed by atoms with Crippen LogP contribution in [0.4, 0.5) is 0 Å². The van der Waals surface area contributed by atoms with Crippen molar-refractivity contribution in [1.82, 2.24) is 4.57 Å². The van der Waals surface area contributed by atoms with Crippen LogP contribution in [0.5, 0.6) is 0 Å². The van der Waals surface area contributed by atoms with Gasteiger partial charge < -0.3 is 4.57 Å². The Labute approximate surface area is 257 Å². The normalized spacial score (nSPS) is 13.4. The minimum absolute atomic E-state index is 0.0835. The fourth-order valence-electron chi connectivity index (χ4n) is 7.58. The van der Waals surface area contributed by atoms with Crippen molar-refractivity contribution in [3.63, 3.8) is 0 Å². The number of fused-ring (bicyclic) bond motifs is 8. The van der Waals surface area contributed by atoms with E-state index < -0.39 is 0 Å². The first-order valence-electron chi connectivity index (χ1n) is 15.4. The van der Waals surface area contributed by atoms with Crippen LogP contribution < -0.4 is 0 Å². The third-order valence-electron chi connectivity index (χ3n) is 9.75. The zero-order valence-electron chi connectivity index (χ0n) is 24.9. The number of hydrogen-bond donors (Lipinski definition) is 0. The largest absolute Gasteiger partial charge is 0.309 e. The summed E-state index contributed by atoms with van der Waals surface area (Å²) in [6.45, 7) is 4.76. The molecule has 8 aromatic rings. The van der Waals surface area contributed by atoms with E-state index in [1.165, 1.54) is 82.8 Å². The zero-order chi connectivity index (χ0) is 29.4. The van der Waals surface area contributed by atoms with Gasteiger partial charge in [-0.2, -0.15) is 0 Å². The summed E-state index contributed by atoms with van der Waals surface area (Å²) in [5, 5.41) is 5.21. The van der Waals surface area contributed by atoms with E-state index in [0.717, 1.165) is 0 Å². The van der Waals surface area contributed by atoms with Crippen molar-refractivity contribution in [2.45, 2.75) is 19.3 Å². The van der Waals surface area contributed by atoms with Gasteiger partial charge in [0, 0.05) is 21.9 Å². The van der Waals surface area contributed by atoms with Gasteiger partial charge >= 0.3 is 0 Å². The van der Waals surface area contributed by atoms with Crippen molar-refractivity contribution in [2.24, 2.45) is 0 Å². The molecule has 0 N–H and O–H groups in total. The minimum atomic E-state index is -0.0835. The Morgan fingerprint density at radius 3 is 1.75 bits per heavy atom. The summed E-state index contributed by atoms with van der Waals surface area (Å²) in [5.74, 6) is 0. The highest BCUT2D eigenvalue weighted by atomic mass is 15.0. The summed E-state index contributed by atoms with van der Waals surface area (Å²) in [4.78, 5) is 0. The molecule has 0 atom stereocenters. The number of aromatic nitrogens is 1. The molecule has 7 aromatic carbocycles. The van der Waals surface area contributed by atoms with Crippen LogP contribution in [-0.2, 0) is 5.41 Å². The number of benzene rings is 7. The molecule has 1 aliphatic carbocycles. The van der Waals surface area contributed by atoms with E-state index in [1.807, 2.05) is 0 Å². The molecule has 1 aliphatic rings. The lowest BCUT2D eigenvalue weighted by molar-refractivity contribution is 0.661. The molecule has 44 heavy (non-hydrogen) atoms. The summed E-state index contributed by atoms with van der Waals surface area (Å²) in [6, 6.07) is 55.8. The van der Waals surface area contributed by atoms with Crippen LogP contribution in [0, 0.1) is 0 Å². The van der Waals surface area contributed by atoms with Gasteiger partial charge in [0.1, 0.15) is 0 Å². The van der Waals surface area contributed by atoms with Gasteiger partial charge in [0.2, 0.25) is 0 Å². The lowest BCUT2D eigenvalue weighted by atomic mass is 9.81. The van der Waals surface area contributed by atoms with E-state index in [-0.39, 0.29) is 5.41 Å². The lowest BCUT2D eigenvalue weighted by Crippen LogP contribution is -2.14. The molecule has 1 heteroatoms. The predicted molar refractivity (Wildman–Crippen MR) is 187 cm³/mol. The van der Waals surface area contributed by atoms with Crippen LogP contribution in [0.15, 0.2) is 152 Å². The summed E-state index contributed by atoms with van der Waals surface area (Å²) >= 11 is 0. The molecule has 0 fully saturated rings. The molecular formula is C43H31N. The van der Waals surface area contributed by atoms with Crippen LogP contribution in [0.1, 0.15) is 25.0 Å². The highest BCUT2D eigenvalue weighted by molar-refractivity contribution is 6.13. The second kappa shape index (κ2) is 9.30. The fraction of sp³-hybridized carbons (Fsp3) is 0.0698. The first-order valence-corrected chi connectivity index (χ1v) is 15.4. The Bertz CT molecular complexity index is 2330. The Morgan fingerprint density at radius 2 is 1.05 bits per heavy atom. The monoisotopic (exact) mass is 561 g/mol. The van der Waals surface area contributed by atoms with Crippen LogP contribution >= 0.6 is 0 Å².